The summed E-state index contributed by atoms with van der Waals surface area (Å²) in [6.07, 6.45) is 1.38. The maximum absolute atomic E-state index is 12.5. The van der Waals surface area contributed by atoms with Crippen LogP contribution < -0.4 is 15.5 Å². The van der Waals surface area contributed by atoms with Crippen molar-refractivity contribution >= 4 is 24.0 Å². The highest BCUT2D eigenvalue weighted by Crippen LogP contribution is 2.29. The van der Waals surface area contributed by atoms with E-state index in [2.05, 4.69) is 15.8 Å². The van der Waals surface area contributed by atoms with Crippen molar-refractivity contribution in [3.05, 3.63) is 65.7 Å². The smallest absolute Gasteiger partial charge is 0.308 e. The van der Waals surface area contributed by atoms with E-state index in [4.69, 9.17) is 4.74 Å². The van der Waals surface area contributed by atoms with Crippen LogP contribution in [0.4, 0.5) is 0 Å². The zero-order valence-corrected chi connectivity index (χ0v) is 14.7. The van der Waals surface area contributed by atoms with Crippen LogP contribution in [0.2, 0.25) is 0 Å². The first-order chi connectivity index (χ1) is 13.1. The van der Waals surface area contributed by atoms with Crippen LogP contribution in [0, 0.1) is 5.92 Å². The van der Waals surface area contributed by atoms with Crippen molar-refractivity contribution in [2.24, 2.45) is 11.0 Å². The number of amides is 2. The van der Waals surface area contributed by atoms with Crippen LogP contribution in [0.3, 0.4) is 0 Å². The molecule has 1 aliphatic heterocycles. The van der Waals surface area contributed by atoms with Crippen molar-refractivity contribution in [2.45, 2.75) is 12.8 Å². The normalized spacial score (nSPS) is 18.9. The lowest BCUT2D eigenvalue weighted by Crippen LogP contribution is -2.34. The van der Waals surface area contributed by atoms with Gasteiger partial charge < -0.3 is 10.1 Å². The fourth-order valence-corrected chi connectivity index (χ4v) is 3.00. The average Bonchev–Trinajstić information content (AvgIpc) is 3.05. The summed E-state index contributed by atoms with van der Waals surface area (Å²) in [6, 6.07) is 16.2. The molecule has 1 fully saturated rings. The first-order valence-corrected chi connectivity index (χ1v) is 8.49. The van der Waals surface area contributed by atoms with Crippen molar-refractivity contribution in [3.63, 3.8) is 0 Å². The molecule has 138 valence electrons. The summed E-state index contributed by atoms with van der Waals surface area (Å²) in [7, 11) is 0. The molecule has 2 atom stereocenters. The molecule has 2 unspecified atom stereocenters. The SMILES string of the molecule is CC(=O)Oc1ccccc1C=NNC(=O)C1C(=O)NCC1c1ccccc1. The van der Waals surface area contributed by atoms with Crippen LogP contribution >= 0.6 is 0 Å². The first kappa shape index (κ1) is 18.3. The molecule has 2 N–H and O–H groups in total. The molecular formula is C20H19N3O4. The summed E-state index contributed by atoms with van der Waals surface area (Å²) >= 11 is 0. The number of ether oxygens (including phenoxy) is 1. The van der Waals surface area contributed by atoms with Crippen LogP contribution in [-0.2, 0) is 14.4 Å². The van der Waals surface area contributed by atoms with E-state index in [9.17, 15) is 14.4 Å². The van der Waals surface area contributed by atoms with E-state index in [1.807, 2.05) is 30.3 Å². The molecule has 1 heterocycles. The predicted molar refractivity (Wildman–Crippen MR) is 99.2 cm³/mol. The van der Waals surface area contributed by atoms with Gasteiger partial charge in [0.05, 0.1) is 6.21 Å². The van der Waals surface area contributed by atoms with Gasteiger partial charge in [0.15, 0.2) is 0 Å². The molecule has 0 bridgehead atoms. The number of nitrogens with one attached hydrogen (secondary N) is 2. The van der Waals surface area contributed by atoms with Crippen LogP contribution in [-0.4, -0.2) is 30.5 Å². The molecule has 2 aromatic carbocycles. The van der Waals surface area contributed by atoms with Gasteiger partial charge in [0.25, 0.3) is 5.91 Å². The zero-order valence-electron chi connectivity index (χ0n) is 14.7. The Morgan fingerprint density at radius 1 is 1.15 bits per heavy atom. The van der Waals surface area contributed by atoms with Crippen LogP contribution in [0.25, 0.3) is 0 Å². The van der Waals surface area contributed by atoms with E-state index in [0.717, 1.165) is 5.56 Å². The molecule has 0 aromatic heterocycles. The maximum atomic E-state index is 12.5. The molecule has 1 saturated heterocycles. The minimum atomic E-state index is -0.853. The number of nitrogens with zero attached hydrogens (tertiary/aromatic N) is 1. The Labute approximate surface area is 156 Å². The summed E-state index contributed by atoms with van der Waals surface area (Å²) in [5.74, 6) is -2.02. The summed E-state index contributed by atoms with van der Waals surface area (Å²) in [6.45, 7) is 1.71. The van der Waals surface area contributed by atoms with Crippen molar-refractivity contribution in [3.8, 4) is 5.75 Å². The highest BCUT2D eigenvalue weighted by Gasteiger charge is 2.40. The summed E-state index contributed by atoms with van der Waals surface area (Å²) < 4.78 is 5.09. The Balaban J connectivity index is 1.71. The standard InChI is InChI=1S/C20H19N3O4/c1-13(24)27-17-10-6-5-9-15(17)11-22-23-20(26)18-16(12-21-19(18)25)14-7-3-2-4-8-14/h2-11,16,18H,12H2,1H3,(H,21,25)(H,23,26). The van der Waals surface area contributed by atoms with Gasteiger partial charge in [-0.1, -0.05) is 42.5 Å². The number of para-hydroxylation sites is 1. The maximum Gasteiger partial charge on any atom is 0.308 e. The van der Waals surface area contributed by atoms with Crippen molar-refractivity contribution in [2.75, 3.05) is 6.54 Å². The number of carbonyl (C=O) groups is 3. The molecule has 2 aromatic rings. The highest BCUT2D eigenvalue weighted by atomic mass is 16.5. The minimum Gasteiger partial charge on any atom is -0.426 e. The molecule has 0 spiro atoms. The van der Waals surface area contributed by atoms with Gasteiger partial charge in [-0.2, -0.15) is 5.10 Å². The van der Waals surface area contributed by atoms with Gasteiger partial charge in [-0.3, -0.25) is 14.4 Å². The average molecular weight is 365 g/mol. The number of benzene rings is 2. The van der Waals surface area contributed by atoms with Crippen LogP contribution in [0.1, 0.15) is 24.0 Å². The second kappa shape index (κ2) is 8.27. The molecule has 0 saturated carbocycles. The molecule has 2 amide bonds. The molecular weight excluding hydrogens is 346 g/mol. The Hall–Kier alpha value is -3.48. The van der Waals surface area contributed by atoms with E-state index in [-0.39, 0.29) is 11.8 Å². The van der Waals surface area contributed by atoms with Crippen molar-refractivity contribution in [1.29, 1.82) is 0 Å². The molecule has 0 radical (unpaired) electrons. The van der Waals surface area contributed by atoms with Crippen molar-refractivity contribution < 1.29 is 19.1 Å². The fourth-order valence-electron chi connectivity index (χ4n) is 3.00. The Morgan fingerprint density at radius 2 is 1.85 bits per heavy atom. The number of hydrogen-bond acceptors (Lipinski definition) is 5. The van der Waals surface area contributed by atoms with Gasteiger partial charge in [-0.15, -0.1) is 0 Å². The van der Waals surface area contributed by atoms with E-state index in [1.54, 1.807) is 24.3 Å². The molecule has 1 aliphatic rings. The molecule has 27 heavy (non-hydrogen) atoms. The van der Waals surface area contributed by atoms with E-state index in [0.29, 0.717) is 17.9 Å². The number of hydrazone groups is 1. The van der Waals surface area contributed by atoms with Crippen molar-refractivity contribution in [1.82, 2.24) is 10.7 Å². The second-order valence-corrected chi connectivity index (χ2v) is 6.11. The highest BCUT2D eigenvalue weighted by molar-refractivity contribution is 6.03. The molecule has 7 heteroatoms. The lowest BCUT2D eigenvalue weighted by molar-refractivity contribution is -0.134. The van der Waals surface area contributed by atoms with Gasteiger partial charge in [-0.05, 0) is 17.7 Å². The second-order valence-electron chi connectivity index (χ2n) is 6.11. The predicted octanol–water partition coefficient (Wildman–Crippen LogP) is 1.59. The lowest BCUT2D eigenvalue weighted by Gasteiger charge is -2.15. The monoisotopic (exact) mass is 365 g/mol. The lowest BCUT2D eigenvalue weighted by atomic mass is 9.88. The van der Waals surface area contributed by atoms with Gasteiger partial charge in [0, 0.05) is 24.9 Å². The summed E-state index contributed by atoms with van der Waals surface area (Å²) in [4.78, 5) is 35.8. The van der Waals surface area contributed by atoms with E-state index < -0.39 is 17.8 Å². The fraction of sp³-hybridized carbons (Fsp3) is 0.200. The van der Waals surface area contributed by atoms with Crippen LogP contribution in [0.15, 0.2) is 59.7 Å². The minimum absolute atomic E-state index is 0.248. The number of rotatable bonds is 5. The molecule has 7 nitrogen and oxygen atoms in total. The topological polar surface area (TPSA) is 96.9 Å². The van der Waals surface area contributed by atoms with E-state index in [1.165, 1.54) is 13.1 Å². The van der Waals surface area contributed by atoms with Gasteiger partial charge in [-0.25, -0.2) is 5.43 Å². The van der Waals surface area contributed by atoms with Crippen LogP contribution in [0.5, 0.6) is 5.75 Å². The molecule has 0 aliphatic carbocycles. The summed E-state index contributed by atoms with van der Waals surface area (Å²) in [5.41, 5.74) is 3.86. The summed E-state index contributed by atoms with van der Waals surface area (Å²) in [5, 5.41) is 6.65. The van der Waals surface area contributed by atoms with Gasteiger partial charge in [0.2, 0.25) is 5.91 Å². The van der Waals surface area contributed by atoms with Gasteiger partial charge in [0.1, 0.15) is 11.7 Å². The molecule has 3 rings (SSSR count). The zero-order chi connectivity index (χ0) is 19.2. The third-order valence-corrected chi connectivity index (χ3v) is 4.24. The third kappa shape index (κ3) is 4.38. The first-order valence-electron chi connectivity index (χ1n) is 8.49. The van der Waals surface area contributed by atoms with E-state index >= 15 is 0 Å². The number of carbonyl (C=O) groups excluding carboxylic acids is 3. The Morgan fingerprint density at radius 3 is 2.59 bits per heavy atom. The Kier molecular flexibility index (Phi) is 5.61. The van der Waals surface area contributed by atoms with Gasteiger partial charge >= 0.3 is 5.97 Å². The quantitative estimate of drug-likeness (QED) is 0.276. The largest absolute Gasteiger partial charge is 0.426 e. The Bertz CT molecular complexity index is 880. The third-order valence-electron chi connectivity index (χ3n) is 4.24. The number of hydrogen-bond donors (Lipinski definition) is 2. The number of esters is 1.